The zero-order valence-electron chi connectivity index (χ0n) is 10.0. The molecule has 2 N–H and O–H groups in total. The fourth-order valence-corrected chi connectivity index (χ4v) is 1.94. The standard InChI is InChI=1S/C10H16N2O4S/c1-4-16-10(13)9-5-8(17(11,14)15)6-12(9)7(2)3/h5-7H,4H2,1-3H3,(H2,11,14,15). The van der Waals surface area contributed by atoms with Crippen molar-refractivity contribution in [3.63, 3.8) is 0 Å². The lowest BCUT2D eigenvalue weighted by molar-refractivity contribution is 0.0512. The van der Waals surface area contributed by atoms with Crippen LogP contribution >= 0.6 is 0 Å². The summed E-state index contributed by atoms with van der Waals surface area (Å²) in [6.07, 6.45) is 1.34. The Morgan fingerprint density at radius 2 is 2.12 bits per heavy atom. The van der Waals surface area contributed by atoms with Crippen LogP contribution in [0.4, 0.5) is 0 Å². The average molecular weight is 260 g/mol. The summed E-state index contributed by atoms with van der Waals surface area (Å²) in [7, 11) is -3.82. The zero-order valence-corrected chi connectivity index (χ0v) is 10.8. The first-order valence-corrected chi connectivity index (χ1v) is 6.73. The molecule has 0 atom stereocenters. The largest absolute Gasteiger partial charge is 0.461 e. The van der Waals surface area contributed by atoms with Crippen molar-refractivity contribution in [3.8, 4) is 0 Å². The van der Waals surface area contributed by atoms with E-state index in [0.29, 0.717) is 0 Å². The number of rotatable bonds is 4. The molecule has 96 valence electrons. The normalized spacial score (nSPS) is 11.8. The maximum atomic E-state index is 11.6. The van der Waals surface area contributed by atoms with Crippen LogP contribution in [-0.4, -0.2) is 25.6 Å². The Hall–Kier alpha value is -1.34. The van der Waals surface area contributed by atoms with Crippen molar-refractivity contribution in [2.24, 2.45) is 5.14 Å². The molecule has 0 spiro atoms. The third-order valence-electron chi connectivity index (χ3n) is 2.19. The predicted octanol–water partition coefficient (Wildman–Crippen LogP) is 0.893. The van der Waals surface area contributed by atoms with Crippen molar-refractivity contribution in [2.75, 3.05) is 6.61 Å². The van der Waals surface area contributed by atoms with E-state index in [4.69, 9.17) is 9.88 Å². The third kappa shape index (κ3) is 3.07. The molecule has 1 aromatic rings. The SMILES string of the molecule is CCOC(=O)c1cc(S(N)(=O)=O)cn1C(C)C. The second kappa shape index (κ2) is 4.89. The van der Waals surface area contributed by atoms with Gasteiger partial charge in [-0.25, -0.2) is 18.4 Å². The summed E-state index contributed by atoms with van der Waals surface area (Å²) in [5, 5.41) is 5.02. The highest BCUT2D eigenvalue weighted by molar-refractivity contribution is 7.89. The predicted molar refractivity (Wildman–Crippen MR) is 62.1 cm³/mol. The molecule has 0 aliphatic rings. The number of nitrogens with two attached hydrogens (primary N) is 1. The second-order valence-electron chi connectivity index (χ2n) is 3.83. The Morgan fingerprint density at radius 1 is 1.53 bits per heavy atom. The van der Waals surface area contributed by atoms with Gasteiger partial charge in [0.2, 0.25) is 10.0 Å². The minimum atomic E-state index is -3.82. The third-order valence-corrected chi connectivity index (χ3v) is 3.07. The number of nitrogens with zero attached hydrogens (tertiary/aromatic N) is 1. The van der Waals surface area contributed by atoms with Gasteiger partial charge in [-0.15, -0.1) is 0 Å². The molecule has 1 aromatic heterocycles. The van der Waals surface area contributed by atoms with Gasteiger partial charge in [-0.1, -0.05) is 0 Å². The molecule has 1 rings (SSSR count). The van der Waals surface area contributed by atoms with Gasteiger partial charge < -0.3 is 9.30 Å². The number of esters is 1. The van der Waals surface area contributed by atoms with E-state index in [1.54, 1.807) is 6.92 Å². The Morgan fingerprint density at radius 3 is 2.53 bits per heavy atom. The molecule has 0 saturated carbocycles. The van der Waals surface area contributed by atoms with Crippen molar-refractivity contribution >= 4 is 16.0 Å². The fraction of sp³-hybridized carbons (Fsp3) is 0.500. The van der Waals surface area contributed by atoms with Crippen molar-refractivity contribution in [1.82, 2.24) is 4.57 Å². The highest BCUT2D eigenvalue weighted by Gasteiger charge is 2.20. The van der Waals surface area contributed by atoms with E-state index in [-0.39, 0.29) is 23.2 Å². The van der Waals surface area contributed by atoms with Gasteiger partial charge in [0.15, 0.2) is 0 Å². The van der Waals surface area contributed by atoms with Gasteiger partial charge >= 0.3 is 5.97 Å². The van der Waals surface area contributed by atoms with E-state index in [2.05, 4.69) is 0 Å². The summed E-state index contributed by atoms with van der Waals surface area (Å²) in [4.78, 5) is 11.5. The molecule has 7 heteroatoms. The van der Waals surface area contributed by atoms with Crippen LogP contribution in [0.2, 0.25) is 0 Å². The molecule has 0 unspecified atom stereocenters. The van der Waals surface area contributed by atoms with Crippen molar-refractivity contribution in [3.05, 3.63) is 18.0 Å². The Labute approximate surface area is 100 Å². The average Bonchev–Trinajstić information content (AvgIpc) is 2.61. The van der Waals surface area contributed by atoms with Gasteiger partial charge in [-0.3, -0.25) is 0 Å². The van der Waals surface area contributed by atoms with E-state index in [0.717, 1.165) is 0 Å². The smallest absolute Gasteiger partial charge is 0.354 e. The van der Waals surface area contributed by atoms with Crippen LogP contribution in [0.1, 0.15) is 37.3 Å². The molecule has 0 bridgehead atoms. The van der Waals surface area contributed by atoms with Gasteiger partial charge in [0.05, 0.1) is 6.61 Å². The molecule has 0 saturated heterocycles. The number of aromatic nitrogens is 1. The van der Waals surface area contributed by atoms with Crippen LogP contribution < -0.4 is 5.14 Å². The minimum absolute atomic E-state index is 0.0649. The molecule has 0 fully saturated rings. The van der Waals surface area contributed by atoms with Crippen molar-refractivity contribution < 1.29 is 17.9 Å². The Balaban J connectivity index is 3.29. The second-order valence-corrected chi connectivity index (χ2v) is 5.39. The molecule has 0 aromatic carbocycles. The van der Waals surface area contributed by atoms with Crippen LogP contribution in [-0.2, 0) is 14.8 Å². The van der Waals surface area contributed by atoms with Crippen molar-refractivity contribution in [2.45, 2.75) is 31.7 Å². The maximum Gasteiger partial charge on any atom is 0.354 e. The van der Waals surface area contributed by atoms with E-state index in [1.165, 1.54) is 16.8 Å². The zero-order chi connectivity index (χ0) is 13.2. The topological polar surface area (TPSA) is 91.4 Å². The number of primary sulfonamides is 1. The summed E-state index contributed by atoms with van der Waals surface area (Å²) in [6, 6.07) is 1.16. The molecule has 17 heavy (non-hydrogen) atoms. The van der Waals surface area contributed by atoms with Gasteiger partial charge in [0.1, 0.15) is 10.6 Å². The lowest BCUT2D eigenvalue weighted by Gasteiger charge is -2.11. The first kappa shape index (κ1) is 13.7. The summed E-state index contributed by atoms with van der Waals surface area (Å²) >= 11 is 0. The first-order valence-electron chi connectivity index (χ1n) is 5.19. The number of carbonyl (C=O) groups is 1. The number of sulfonamides is 1. The van der Waals surface area contributed by atoms with Gasteiger partial charge in [0.25, 0.3) is 0 Å². The molecule has 0 aliphatic heterocycles. The number of hydrogen-bond acceptors (Lipinski definition) is 4. The Kier molecular flexibility index (Phi) is 3.94. The quantitative estimate of drug-likeness (QED) is 0.814. The lowest BCUT2D eigenvalue weighted by Crippen LogP contribution is -2.12. The monoisotopic (exact) mass is 260 g/mol. The maximum absolute atomic E-state index is 11.6. The van der Waals surface area contributed by atoms with Crippen LogP contribution in [0.15, 0.2) is 17.2 Å². The first-order chi connectivity index (χ1) is 7.77. The van der Waals surface area contributed by atoms with Crippen LogP contribution in [0.5, 0.6) is 0 Å². The van der Waals surface area contributed by atoms with Gasteiger partial charge in [-0.05, 0) is 26.8 Å². The molecule has 1 heterocycles. The molecule has 0 aliphatic carbocycles. The molecular weight excluding hydrogens is 244 g/mol. The van der Waals surface area contributed by atoms with Gasteiger partial charge in [-0.2, -0.15) is 0 Å². The molecule has 0 amide bonds. The van der Waals surface area contributed by atoms with Crippen molar-refractivity contribution in [1.29, 1.82) is 0 Å². The summed E-state index contributed by atoms with van der Waals surface area (Å²) in [5.74, 6) is -0.559. The van der Waals surface area contributed by atoms with Crippen LogP contribution in [0.3, 0.4) is 0 Å². The highest BCUT2D eigenvalue weighted by Crippen LogP contribution is 2.18. The van der Waals surface area contributed by atoms with E-state index in [1.807, 2.05) is 13.8 Å². The minimum Gasteiger partial charge on any atom is -0.461 e. The summed E-state index contributed by atoms with van der Waals surface area (Å²) in [6.45, 7) is 5.57. The van der Waals surface area contributed by atoms with E-state index >= 15 is 0 Å². The Bertz CT molecular complexity index is 516. The fourth-order valence-electron chi connectivity index (χ4n) is 1.41. The van der Waals surface area contributed by atoms with Crippen LogP contribution in [0, 0.1) is 0 Å². The number of carbonyl (C=O) groups excluding carboxylic acids is 1. The highest BCUT2D eigenvalue weighted by atomic mass is 32.2. The molecule has 0 radical (unpaired) electrons. The van der Waals surface area contributed by atoms with E-state index in [9.17, 15) is 13.2 Å². The van der Waals surface area contributed by atoms with Gasteiger partial charge in [0, 0.05) is 12.2 Å². The van der Waals surface area contributed by atoms with E-state index < -0.39 is 16.0 Å². The van der Waals surface area contributed by atoms with Crippen LogP contribution in [0.25, 0.3) is 0 Å². The number of ether oxygens (including phenoxy) is 1. The summed E-state index contributed by atoms with van der Waals surface area (Å²) in [5.41, 5.74) is 0.186. The molecule has 6 nitrogen and oxygen atoms in total. The number of hydrogen-bond donors (Lipinski definition) is 1. The lowest BCUT2D eigenvalue weighted by atomic mass is 10.3. The summed E-state index contributed by atoms with van der Waals surface area (Å²) < 4.78 is 28.8. The molecular formula is C10H16N2O4S.